The Morgan fingerprint density at radius 2 is 2.35 bits per heavy atom. The Morgan fingerprint density at radius 3 is 3.00 bits per heavy atom. The first-order chi connectivity index (χ1) is 8.15. The van der Waals surface area contributed by atoms with E-state index in [0.29, 0.717) is 13.0 Å². The highest BCUT2D eigenvalue weighted by molar-refractivity contribution is 14.2. The molecule has 0 amide bonds. The molecular weight excluding hydrogens is 356 g/mol. The average molecular weight is 367 g/mol. The largest absolute Gasteiger partial charge is 0.468 e. The molecule has 6 heteroatoms. The zero-order valence-electron chi connectivity index (χ0n) is 9.15. The maximum Gasteiger partial charge on any atom is 0.324 e. The summed E-state index contributed by atoms with van der Waals surface area (Å²) >= 11 is 2.12. The summed E-state index contributed by atoms with van der Waals surface area (Å²) in [6, 6.07) is 4.42. The molecule has 1 heterocycles. The van der Waals surface area contributed by atoms with E-state index in [1.807, 2.05) is 4.31 Å². The lowest BCUT2D eigenvalue weighted by molar-refractivity contribution is -0.145. The Morgan fingerprint density at radius 1 is 1.59 bits per heavy atom. The summed E-state index contributed by atoms with van der Waals surface area (Å²) in [5.41, 5.74) is 1.96. The number of fused-ring (bicyclic) bond motifs is 1. The zero-order valence-corrected chi connectivity index (χ0v) is 12.1. The van der Waals surface area contributed by atoms with Crippen LogP contribution in [0.2, 0.25) is 0 Å². The van der Waals surface area contributed by atoms with Gasteiger partial charge < -0.3 is 4.74 Å². The molecule has 1 unspecified atom stereocenters. The molecule has 0 fully saturated rings. The molecule has 0 aliphatic carbocycles. The third kappa shape index (κ3) is 2.74. The molecule has 0 aromatic heterocycles. The van der Waals surface area contributed by atoms with E-state index >= 15 is 0 Å². The fourth-order valence-corrected chi connectivity index (χ4v) is 3.62. The van der Waals surface area contributed by atoms with Crippen LogP contribution < -0.4 is 0 Å². The lowest BCUT2D eigenvalue weighted by Gasteiger charge is -2.32. The Labute approximate surface area is 115 Å². The van der Waals surface area contributed by atoms with Gasteiger partial charge in [-0.3, -0.25) is 4.79 Å². The monoisotopic (exact) mass is 367 g/mol. The second-order valence-electron chi connectivity index (χ2n) is 3.80. The van der Waals surface area contributed by atoms with Gasteiger partial charge in [0.15, 0.2) is 0 Å². The van der Waals surface area contributed by atoms with Crippen molar-refractivity contribution in [2.24, 2.45) is 0 Å². The maximum absolute atomic E-state index is 13.1. The van der Waals surface area contributed by atoms with Gasteiger partial charge in [-0.2, -0.15) is 0 Å². The summed E-state index contributed by atoms with van der Waals surface area (Å²) in [5.74, 6) is -0.484. The van der Waals surface area contributed by atoms with Crippen LogP contribution >= 0.6 is 30.3 Å². The van der Waals surface area contributed by atoms with Gasteiger partial charge in [0, 0.05) is 27.8 Å². The van der Waals surface area contributed by atoms with Crippen molar-refractivity contribution in [2.75, 3.05) is 7.11 Å². The fraction of sp³-hybridized carbons (Fsp3) is 0.364. The SMILES string of the molecule is COC(=O)C1Cc2ccc(F)cc2CN1SI. The number of ether oxygens (including phenoxy) is 1. The van der Waals surface area contributed by atoms with Gasteiger partial charge in [0.05, 0.1) is 7.11 Å². The van der Waals surface area contributed by atoms with Crippen molar-refractivity contribution in [2.45, 2.75) is 19.0 Å². The molecule has 1 aliphatic heterocycles. The van der Waals surface area contributed by atoms with Crippen LogP contribution in [0.3, 0.4) is 0 Å². The molecule has 0 bridgehead atoms. The first kappa shape index (κ1) is 13.1. The zero-order chi connectivity index (χ0) is 12.4. The predicted octanol–water partition coefficient (Wildman–Crippen LogP) is 2.72. The van der Waals surface area contributed by atoms with Gasteiger partial charge in [-0.05, 0) is 38.8 Å². The number of esters is 1. The number of hydrogen-bond acceptors (Lipinski definition) is 4. The average Bonchev–Trinajstić information content (AvgIpc) is 2.36. The van der Waals surface area contributed by atoms with Crippen molar-refractivity contribution in [3.8, 4) is 0 Å². The molecule has 92 valence electrons. The third-order valence-corrected chi connectivity index (χ3v) is 4.90. The highest BCUT2D eigenvalue weighted by atomic mass is 127. The van der Waals surface area contributed by atoms with Crippen LogP contribution in [0.1, 0.15) is 11.1 Å². The first-order valence-electron chi connectivity index (χ1n) is 5.06. The number of benzene rings is 1. The van der Waals surface area contributed by atoms with Crippen molar-refractivity contribution in [1.29, 1.82) is 0 Å². The van der Waals surface area contributed by atoms with Gasteiger partial charge in [-0.15, -0.1) is 0 Å². The van der Waals surface area contributed by atoms with E-state index in [-0.39, 0.29) is 17.8 Å². The molecule has 1 aromatic rings. The standard InChI is InChI=1S/C11H11FINO2S/c1-16-11(15)10-5-7-2-3-9(12)4-8(7)6-14(10)17-13/h2-4,10H,5-6H2,1H3. The number of carbonyl (C=O) groups excluding carboxylic acids is 1. The second kappa shape index (κ2) is 5.53. The van der Waals surface area contributed by atoms with Crippen molar-refractivity contribution in [3.63, 3.8) is 0 Å². The van der Waals surface area contributed by atoms with Crippen LogP contribution in [0.4, 0.5) is 4.39 Å². The lowest BCUT2D eigenvalue weighted by atomic mass is 9.96. The van der Waals surface area contributed by atoms with Crippen molar-refractivity contribution < 1.29 is 13.9 Å². The Bertz CT molecular complexity index is 443. The summed E-state index contributed by atoms with van der Waals surface area (Å²) in [6.45, 7) is 0.556. The summed E-state index contributed by atoms with van der Waals surface area (Å²) in [5, 5.41) is 0. The first-order valence-corrected chi connectivity index (χ1v) is 8.37. The van der Waals surface area contributed by atoms with Gasteiger partial charge in [0.25, 0.3) is 0 Å². The molecule has 0 N–H and O–H groups in total. The minimum absolute atomic E-state index is 0.237. The number of rotatable bonds is 2. The molecule has 0 spiro atoms. The van der Waals surface area contributed by atoms with Gasteiger partial charge in [0.2, 0.25) is 0 Å². The maximum atomic E-state index is 13.1. The smallest absolute Gasteiger partial charge is 0.324 e. The minimum Gasteiger partial charge on any atom is -0.468 e. The molecule has 1 aromatic carbocycles. The molecular formula is C11H11FINO2S. The number of methoxy groups -OCH3 is 1. The summed E-state index contributed by atoms with van der Waals surface area (Å²) in [6.07, 6.45) is 0.568. The molecule has 1 atom stereocenters. The molecule has 0 saturated carbocycles. The number of hydrogen-bond donors (Lipinski definition) is 0. The van der Waals surface area contributed by atoms with E-state index in [1.54, 1.807) is 6.07 Å². The van der Waals surface area contributed by atoms with E-state index in [1.165, 1.54) is 28.4 Å². The van der Waals surface area contributed by atoms with E-state index in [2.05, 4.69) is 21.2 Å². The lowest BCUT2D eigenvalue weighted by Crippen LogP contribution is -2.41. The Hall–Kier alpha value is -0.340. The van der Waals surface area contributed by atoms with E-state index < -0.39 is 0 Å². The quantitative estimate of drug-likeness (QED) is 0.457. The molecule has 0 radical (unpaired) electrons. The molecule has 0 saturated heterocycles. The van der Waals surface area contributed by atoms with Crippen LogP contribution in [0.15, 0.2) is 18.2 Å². The number of nitrogens with zero attached hydrogens (tertiary/aromatic N) is 1. The van der Waals surface area contributed by atoms with Crippen LogP contribution in [-0.2, 0) is 22.5 Å². The van der Waals surface area contributed by atoms with Gasteiger partial charge in [-0.1, -0.05) is 6.07 Å². The number of carbonyl (C=O) groups is 1. The molecule has 1 aliphatic rings. The molecule has 17 heavy (non-hydrogen) atoms. The number of halogens is 2. The normalized spacial score (nSPS) is 19.8. The third-order valence-electron chi connectivity index (χ3n) is 2.82. The van der Waals surface area contributed by atoms with Crippen LogP contribution in [0.5, 0.6) is 0 Å². The van der Waals surface area contributed by atoms with Gasteiger partial charge >= 0.3 is 5.97 Å². The summed E-state index contributed by atoms with van der Waals surface area (Å²) in [4.78, 5) is 11.7. The molecule has 2 rings (SSSR count). The van der Waals surface area contributed by atoms with Gasteiger partial charge in [-0.25, -0.2) is 8.70 Å². The minimum atomic E-state index is -0.292. The van der Waals surface area contributed by atoms with Crippen molar-refractivity contribution in [3.05, 3.63) is 35.1 Å². The van der Waals surface area contributed by atoms with Gasteiger partial charge in [0.1, 0.15) is 11.9 Å². The highest BCUT2D eigenvalue weighted by Gasteiger charge is 2.32. The van der Waals surface area contributed by atoms with Crippen molar-refractivity contribution in [1.82, 2.24) is 4.31 Å². The topological polar surface area (TPSA) is 29.5 Å². The predicted molar refractivity (Wildman–Crippen MR) is 73.1 cm³/mol. The van der Waals surface area contributed by atoms with Crippen LogP contribution in [0, 0.1) is 5.82 Å². The summed E-state index contributed by atoms with van der Waals surface area (Å²) < 4.78 is 19.8. The van der Waals surface area contributed by atoms with Crippen LogP contribution in [0.25, 0.3) is 0 Å². The van der Waals surface area contributed by atoms with E-state index in [0.717, 1.165) is 11.1 Å². The van der Waals surface area contributed by atoms with E-state index in [4.69, 9.17) is 4.74 Å². The fourth-order valence-electron chi connectivity index (χ4n) is 1.94. The van der Waals surface area contributed by atoms with Crippen molar-refractivity contribution >= 4 is 36.3 Å². The van der Waals surface area contributed by atoms with Crippen LogP contribution in [-0.4, -0.2) is 23.4 Å². The Balaban J connectivity index is 2.30. The Kier molecular flexibility index (Phi) is 4.26. The highest BCUT2D eigenvalue weighted by Crippen LogP contribution is 2.32. The second-order valence-corrected chi connectivity index (χ2v) is 5.59. The summed E-state index contributed by atoms with van der Waals surface area (Å²) in [7, 11) is 2.83. The molecule has 3 nitrogen and oxygen atoms in total. The van der Waals surface area contributed by atoms with E-state index in [9.17, 15) is 9.18 Å².